The predicted octanol–water partition coefficient (Wildman–Crippen LogP) is 0.0741. The summed E-state index contributed by atoms with van der Waals surface area (Å²) >= 11 is 0. The maximum Gasteiger partial charge on any atom is 0.329 e. The first kappa shape index (κ1) is 9.03. The zero-order valence-electron chi connectivity index (χ0n) is 7.29. The molecular formula is C8H13NO3. The number of carbonyl (C=O) groups is 2. The molecule has 12 heavy (non-hydrogen) atoms. The average molecular weight is 171 g/mol. The molecule has 0 radical (unpaired) electrons. The molecule has 0 aromatic rings. The quantitative estimate of drug-likeness (QED) is 0.598. The third kappa shape index (κ3) is 2.22. The van der Waals surface area contributed by atoms with Crippen molar-refractivity contribution in [2.24, 2.45) is 5.92 Å². The summed E-state index contributed by atoms with van der Waals surface area (Å²) in [6, 6.07) is -0.439. The Morgan fingerprint density at radius 1 is 1.58 bits per heavy atom. The summed E-state index contributed by atoms with van der Waals surface area (Å²) in [7, 11) is 0. The lowest BCUT2D eigenvalue weighted by atomic mass is 10.0. The number of hydrogen-bond acceptors (Lipinski definition) is 3. The van der Waals surface area contributed by atoms with Gasteiger partial charge < -0.3 is 10.1 Å². The Morgan fingerprint density at radius 3 is 2.83 bits per heavy atom. The van der Waals surface area contributed by atoms with Crippen LogP contribution in [-0.2, 0) is 14.3 Å². The van der Waals surface area contributed by atoms with E-state index in [1.807, 2.05) is 13.8 Å². The molecule has 1 atom stereocenters. The van der Waals surface area contributed by atoms with Crippen molar-refractivity contribution in [1.29, 1.82) is 0 Å². The van der Waals surface area contributed by atoms with E-state index in [0.29, 0.717) is 12.3 Å². The molecule has 1 fully saturated rings. The molecule has 1 rings (SSSR count). The molecule has 0 unspecified atom stereocenters. The number of morpholine rings is 1. The summed E-state index contributed by atoms with van der Waals surface area (Å²) in [6.07, 6.45) is 0.643. The molecule has 68 valence electrons. The summed E-state index contributed by atoms with van der Waals surface area (Å²) in [5.41, 5.74) is 0. The van der Waals surface area contributed by atoms with Gasteiger partial charge in [-0.2, -0.15) is 0 Å². The van der Waals surface area contributed by atoms with Gasteiger partial charge in [-0.05, 0) is 12.3 Å². The number of nitrogens with one attached hydrogen (secondary N) is 1. The molecule has 0 aromatic heterocycles. The minimum atomic E-state index is -0.439. The van der Waals surface area contributed by atoms with Crippen LogP contribution in [0.5, 0.6) is 0 Å². The van der Waals surface area contributed by atoms with Crippen LogP contribution < -0.4 is 5.32 Å². The molecule has 1 aliphatic rings. The predicted molar refractivity (Wildman–Crippen MR) is 42.3 cm³/mol. The van der Waals surface area contributed by atoms with Crippen molar-refractivity contribution in [1.82, 2.24) is 5.32 Å². The lowest BCUT2D eigenvalue weighted by molar-refractivity contribution is -0.157. The van der Waals surface area contributed by atoms with Gasteiger partial charge in [0.2, 0.25) is 0 Å². The number of amides is 1. The largest absolute Gasteiger partial charge is 0.454 e. The molecule has 1 amide bonds. The molecule has 1 N–H and O–H groups in total. The van der Waals surface area contributed by atoms with Crippen LogP contribution >= 0.6 is 0 Å². The van der Waals surface area contributed by atoms with Gasteiger partial charge >= 0.3 is 5.97 Å². The van der Waals surface area contributed by atoms with Crippen LogP contribution in [0.25, 0.3) is 0 Å². The Labute approximate surface area is 71.3 Å². The van der Waals surface area contributed by atoms with Crippen molar-refractivity contribution in [3.05, 3.63) is 0 Å². The van der Waals surface area contributed by atoms with Crippen molar-refractivity contribution < 1.29 is 14.3 Å². The van der Waals surface area contributed by atoms with E-state index in [-0.39, 0.29) is 18.5 Å². The highest BCUT2D eigenvalue weighted by Gasteiger charge is 2.28. The Kier molecular flexibility index (Phi) is 2.68. The van der Waals surface area contributed by atoms with Crippen molar-refractivity contribution in [3.63, 3.8) is 0 Å². The van der Waals surface area contributed by atoms with E-state index >= 15 is 0 Å². The molecule has 1 heterocycles. The first-order valence-electron chi connectivity index (χ1n) is 4.05. The molecule has 0 saturated carbocycles. The number of cyclic esters (lactones) is 1. The monoisotopic (exact) mass is 171 g/mol. The van der Waals surface area contributed by atoms with Gasteiger partial charge in [0.1, 0.15) is 6.04 Å². The Morgan fingerprint density at radius 2 is 2.25 bits per heavy atom. The van der Waals surface area contributed by atoms with E-state index in [1.165, 1.54) is 0 Å². The number of hydrogen-bond donors (Lipinski definition) is 1. The fourth-order valence-corrected chi connectivity index (χ4v) is 1.16. The summed E-state index contributed by atoms with van der Waals surface area (Å²) < 4.78 is 4.65. The fraction of sp³-hybridized carbons (Fsp3) is 0.750. The van der Waals surface area contributed by atoms with Gasteiger partial charge in [0.15, 0.2) is 6.61 Å². The van der Waals surface area contributed by atoms with Crippen molar-refractivity contribution in [3.8, 4) is 0 Å². The lowest BCUT2D eigenvalue weighted by Crippen LogP contribution is -2.49. The van der Waals surface area contributed by atoms with Crippen LogP contribution in [-0.4, -0.2) is 24.5 Å². The van der Waals surface area contributed by atoms with Gasteiger partial charge in [0, 0.05) is 0 Å². The zero-order chi connectivity index (χ0) is 9.14. The van der Waals surface area contributed by atoms with Gasteiger partial charge in [-0.1, -0.05) is 13.8 Å². The fourth-order valence-electron chi connectivity index (χ4n) is 1.16. The summed E-state index contributed by atoms with van der Waals surface area (Å²) in [5, 5.41) is 2.58. The minimum absolute atomic E-state index is 0.132. The minimum Gasteiger partial charge on any atom is -0.454 e. The number of carbonyl (C=O) groups excluding carboxylic acids is 2. The van der Waals surface area contributed by atoms with E-state index in [2.05, 4.69) is 10.1 Å². The van der Waals surface area contributed by atoms with Crippen LogP contribution in [0.15, 0.2) is 0 Å². The van der Waals surface area contributed by atoms with Gasteiger partial charge in [-0.3, -0.25) is 4.79 Å². The van der Waals surface area contributed by atoms with E-state index in [1.54, 1.807) is 0 Å². The Balaban J connectivity index is 2.49. The zero-order valence-corrected chi connectivity index (χ0v) is 7.29. The Bertz CT molecular complexity index is 200. The van der Waals surface area contributed by atoms with Crippen molar-refractivity contribution >= 4 is 11.9 Å². The van der Waals surface area contributed by atoms with Crippen molar-refractivity contribution in [2.75, 3.05) is 6.61 Å². The third-order valence-electron chi connectivity index (χ3n) is 1.67. The average Bonchev–Trinajstić information content (AvgIpc) is 1.96. The van der Waals surface area contributed by atoms with E-state index in [9.17, 15) is 9.59 Å². The summed E-state index contributed by atoms with van der Waals surface area (Å²) in [4.78, 5) is 21.9. The van der Waals surface area contributed by atoms with Crippen LogP contribution in [0.4, 0.5) is 0 Å². The second kappa shape index (κ2) is 3.56. The molecule has 1 saturated heterocycles. The highest BCUT2D eigenvalue weighted by molar-refractivity contribution is 5.90. The second-order valence-corrected chi connectivity index (χ2v) is 3.36. The smallest absolute Gasteiger partial charge is 0.329 e. The number of esters is 1. The normalized spacial score (nSPS) is 23.8. The molecule has 4 nitrogen and oxygen atoms in total. The van der Waals surface area contributed by atoms with Crippen LogP contribution in [0, 0.1) is 5.92 Å². The van der Waals surface area contributed by atoms with E-state index in [4.69, 9.17) is 0 Å². The number of rotatable bonds is 2. The van der Waals surface area contributed by atoms with Gasteiger partial charge in [-0.15, -0.1) is 0 Å². The maximum atomic E-state index is 11.0. The van der Waals surface area contributed by atoms with Gasteiger partial charge in [0.25, 0.3) is 5.91 Å². The highest BCUT2D eigenvalue weighted by atomic mass is 16.5. The van der Waals surface area contributed by atoms with Crippen LogP contribution in [0.1, 0.15) is 20.3 Å². The van der Waals surface area contributed by atoms with Crippen molar-refractivity contribution in [2.45, 2.75) is 26.3 Å². The van der Waals surface area contributed by atoms with Crippen LogP contribution in [0.2, 0.25) is 0 Å². The van der Waals surface area contributed by atoms with Gasteiger partial charge in [0.05, 0.1) is 0 Å². The number of ether oxygens (including phenoxy) is 1. The second-order valence-electron chi connectivity index (χ2n) is 3.36. The molecule has 4 heteroatoms. The maximum absolute atomic E-state index is 11.0. The molecule has 0 aromatic carbocycles. The third-order valence-corrected chi connectivity index (χ3v) is 1.67. The van der Waals surface area contributed by atoms with Crippen LogP contribution in [0.3, 0.4) is 0 Å². The highest BCUT2D eigenvalue weighted by Crippen LogP contribution is 2.08. The first-order valence-corrected chi connectivity index (χ1v) is 4.05. The Hall–Kier alpha value is -1.06. The molecule has 0 aliphatic carbocycles. The molecule has 1 aliphatic heterocycles. The van der Waals surface area contributed by atoms with Gasteiger partial charge in [-0.25, -0.2) is 4.79 Å². The molecular weight excluding hydrogens is 158 g/mol. The summed E-state index contributed by atoms with van der Waals surface area (Å²) in [5.74, 6) is -0.149. The lowest BCUT2D eigenvalue weighted by Gasteiger charge is -2.23. The topological polar surface area (TPSA) is 55.4 Å². The molecule has 0 bridgehead atoms. The first-order chi connectivity index (χ1) is 5.59. The summed E-state index contributed by atoms with van der Waals surface area (Å²) in [6.45, 7) is 3.86. The van der Waals surface area contributed by atoms with E-state index in [0.717, 1.165) is 0 Å². The van der Waals surface area contributed by atoms with E-state index < -0.39 is 6.04 Å². The molecule has 0 spiro atoms. The SMILES string of the molecule is CC(C)C[C@@H]1NC(=O)COC1=O. The standard InChI is InChI=1S/C8H13NO3/c1-5(2)3-6-8(11)12-4-7(10)9-6/h5-6H,3-4H2,1-2H3,(H,9,10)/t6-/m0/s1.